The van der Waals surface area contributed by atoms with Crippen LogP contribution < -0.4 is 0 Å². The Balaban J connectivity index is 1.66. The number of aliphatic carboxylic acids is 1. The van der Waals surface area contributed by atoms with Crippen LogP contribution in [0.1, 0.15) is 74.1 Å². The summed E-state index contributed by atoms with van der Waals surface area (Å²) < 4.78 is 23.2. The molecule has 0 aromatic heterocycles. The largest absolute Gasteiger partial charge is 0.478 e. The molecule has 10 heteroatoms. The number of hydrogen-bond donors (Lipinski definition) is 2. The van der Waals surface area contributed by atoms with Crippen LogP contribution in [-0.2, 0) is 38.1 Å². The van der Waals surface area contributed by atoms with E-state index >= 15 is 0 Å². The van der Waals surface area contributed by atoms with Crippen molar-refractivity contribution in [3.63, 3.8) is 0 Å². The smallest absolute Gasteiger partial charge is 0.345 e. The predicted octanol–water partition coefficient (Wildman–Crippen LogP) is 2.24. The number of cyclic esters (lactones) is 1. The molecule has 4 unspecified atom stereocenters. The van der Waals surface area contributed by atoms with Gasteiger partial charge in [-0.15, -0.1) is 0 Å². The van der Waals surface area contributed by atoms with Gasteiger partial charge in [0.25, 0.3) is 0 Å². The van der Waals surface area contributed by atoms with Crippen LogP contribution in [0.2, 0.25) is 0 Å². The van der Waals surface area contributed by atoms with Gasteiger partial charge >= 0.3 is 23.9 Å². The molecule has 0 amide bonds. The van der Waals surface area contributed by atoms with Gasteiger partial charge in [-0.05, 0) is 31.1 Å². The average molecular weight is 523 g/mol. The Bertz CT molecular complexity index is 1070. The number of aliphatic hydroxyl groups excluding tert-OH is 1. The van der Waals surface area contributed by atoms with Gasteiger partial charge in [-0.3, -0.25) is 9.59 Å². The van der Waals surface area contributed by atoms with Crippen LogP contribution in [0.25, 0.3) is 0 Å². The van der Waals surface area contributed by atoms with Crippen LogP contribution in [0.5, 0.6) is 0 Å². The lowest BCUT2D eigenvalue weighted by atomic mass is 9.34. The summed E-state index contributed by atoms with van der Waals surface area (Å²) in [7, 11) is 0. The Morgan fingerprint density at radius 1 is 0.946 bits per heavy atom. The molecule has 11 atom stereocenters. The standard InChI is InChI=1S/C27H38O10/c1-12(28)34-17-11-18(35-13(2)29)25(6)14-8-9-24(5)19(21(31)32)36-22(33)20-27(24,37-20)26(14,7)16(30)10-15(25)23(17,3)4/h14-20,30H,8-11H2,1-7H3,(H,31,32)/t14?,15?,16-,17-,18+,19+,20?,24+,25-,26+,27?/m1/s1. The summed E-state index contributed by atoms with van der Waals surface area (Å²) in [4.78, 5) is 49.4. The second kappa shape index (κ2) is 7.68. The van der Waals surface area contributed by atoms with E-state index in [-0.39, 0.29) is 18.3 Å². The molecule has 3 aliphatic carbocycles. The lowest BCUT2D eigenvalue weighted by molar-refractivity contribution is -0.295. The quantitative estimate of drug-likeness (QED) is 0.321. The Morgan fingerprint density at radius 2 is 1.54 bits per heavy atom. The third-order valence-electron chi connectivity index (χ3n) is 11.3. The van der Waals surface area contributed by atoms with Gasteiger partial charge in [0, 0.05) is 41.9 Å². The first kappa shape index (κ1) is 26.4. The van der Waals surface area contributed by atoms with Gasteiger partial charge in [-0.25, -0.2) is 9.59 Å². The van der Waals surface area contributed by atoms with E-state index in [9.17, 15) is 29.4 Å². The van der Waals surface area contributed by atoms with Crippen molar-refractivity contribution in [1.29, 1.82) is 0 Å². The first-order valence-corrected chi connectivity index (χ1v) is 13.1. The fraction of sp³-hybridized carbons (Fsp3) is 0.852. The molecule has 5 rings (SSSR count). The van der Waals surface area contributed by atoms with E-state index in [4.69, 9.17) is 18.9 Å². The topological polar surface area (TPSA) is 149 Å². The van der Waals surface area contributed by atoms with Gasteiger partial charge in [0.15, 0.2) is 6.10 Å². The maximum atomic E-state index is 12.9. The van der Waals surface area contributed by atoms with E-state index in [1.54, 1.807) is 6.92 Å². The number of epoxide rings is 1. The normalized spacial score (nSPS) is 51.2. The number of carbonyl (C=O) groups excluding carboxylic acids is 3. The summed E-state index contributed by atoms with van der Waals surface area (Å²) in [6.07, 6.45) is -2.96. The van der Waals surface area contributed by atoms with Gasteiger partial charge in [-0.1, -0.05) is 34.6 Å². The molecule has 2 aliphatic heterocycles. The summed E-state index contributed by atoms with van der Waals surface area (Å²) in [5.74, 6) is -3.33. The van der Waals surface area contributed by atoms with Gasteiger partial charge < -0.3 is 29.2 Å². The Kier molecular flexibility index (Phi) is 5.48. The number of ether oxygens (including phenoxy) is 4. The Labute approximate surface area is 216 Å². The van der Waals surface area contributed by atoms with Crippen molar-refractivity contribution in [2.75, 3.05) is 0 Å². The number of carbonyl (C=O) groups is 4. The molecule has 2 N–H and O–H groups in total. The van der Waals surface area contributed by atoms with E-state index < -0.39 is 81.7 Å². The van der Waals surface area contributed by atoms with Crippen LogP contribution in [0.15, 0.2) is 0 Å². The summed E-state index contributed by atoms with van der Waals surface area (Å²) in [6.45, 7) is 12.5. The zero-order chi connectivity index (χ0) is 27.5. The molecule has 206 valence electrons. The van der Waals surface area contributed by atoms with Gasteiger partial charge in [0.2, 0.25) is 6.10 Å². The third-order valence-corrected chi connectivity index (χ3v) is 11.3. The average Bonchev–Trinajstić information content (AvgIpc) is 3.54. The molecule has 10 nitrogen and oxygen atoms in total. The van der Waals surface area contributed by atoms with E-state index in [0.717, 1.165) is 0 Å². The molecule has 0 radical (unpaired) electrons. The zero-order valence-corrected chi connectivity index (χ0v) is 22.5. The number of aliphatic hydroxyl groups is 1. The third kappa shape index (κ3) is 3.00. The molecule has 2 heterocycles. The van der Waals surface area contributed by atoms with Crippen molar-refractivity contribution >= 4 is 23.9 Å². The fourth-order valence-electron chi connectivity index (χ4n) is 9.68. The molecule has 1 spiro atoms. The first-order valence-electron chi connectivity index (χ1n) is 13.1. The first-order chi connectivity index (χ1) is 17.0. The highest BCUT2D eigenvalue weighted by Gasteiger charge is 2.89. The minimum atomic E-state index is -1.39. The minimum Gasteiger partial charge on any atom is -0.478 e. The van der Waals surface area contributed by atoms with Crippen LogP contribution in [0.3, 0.4) is 0 Å². The highest BCUT2D eigenvalue weighted by Crippen LogP contribution is 2.78. The van der Waals surface area contributed by atoms with Crippen molar-refractivity contribution in [1.82, 2.24) is 0 Å². The molecule has 0 aromatic carbocycles. The predicted molar refractivity (Wildman–Crippen MR) is 126 cm³/mol. The highest BCUT2D eigenvalue weighted by atomic mass is 16.7. The van der Waals surface area contributed by atoms with Crippen LogP contribution >= 0.6 is 0 Å². The number of esters is 3. The number of carboxylic acids is 1. The summed E-state index contributed by atoms with van der Waals surface area (Å²) in [5, 5.41) is 21.9. The van der Waals surface area contributed by atoms with Gasteiger partial charge in [-0.2, -0.15) is 0 Å². The Hall–Kier alpha value is -2.20. The van der Waals surface area contributed by atoms with Crippen molar-refractivity contribution < 1.29 is 48.3 Å². The zero-order valence-electron chi connectivity index (χ0n) is 22.5. The minimum absolute atomic E-state index is 0.209. The van der Waals surface area contributed by atoms with Crippen LogP contribution in [0, 0.1) is 33.5 Å². The van der Waals surface area contributed by atoms with Gasteiger partial charge in [0.05, 0.1) is 6.10 Å². The Morgan fingerprint density at radius 3 is 2.11 bits per heavy atom. The van der Waals surface area contributed by atoms with Crippen molar-refractivity contribution in [2.45, 2.75) is 110 Å². The summed E-state index contributed by atoms with van der Waals surface area (Å²) in [5.41, 5.74) is -4.53. The van der Waals surface area contributed by atoms with E-state index in [0.29, 0.717) is 19.3 Å². The maximum Gasteiger partial charge on any atom is 0.345 e. The molecular weight excluding hydrogens is 484 g/mol. The second-order valence-electron chi connectivity index (χ2n) is 13.1. The van der Waals surface area contributed by atoms with Crippen molar-refractivity contribution in [3.8, 4) is 0 Å². The van der Waals surface area contributed by atoms with E-state index in [2.05, 4.69) is 6.92 Å². The lowest BCUT2D eigenvalue weighted by Gasteiger charge is -2.71. The number of fused-ring (bicyclic) bond motifs is 3. The highest BCUT2D eigenvalue weighted by molar-refractivity contribution is 5.87. The van der Waals surface area contributed by atoms with Crippen molar-refractivity contribution in [2.24, 2.45) is 33.5 Å². The molecule has 5 fully saturated rings. The molecule has 0 bridgehead atoms. The molecular formula is C27H38O10. The van der Waals surface area contributed by atoms with Crippen molar-refractivity contribution in [3.05, 3.63) is 0 Å². The number of hydrogen-bond acceptors (Lipinski definition) is 9. The number of carboxylic acid groups (broad SMARTS) is 1. The number of rotatable bonds is 3. The van der Waals surface area contributed by atoms with E-state index in [1.807, 2.05) is 20.8 Å². The maximum absolute atomic E-state index is 12.9. The SMILES string of the molecule is CC(=O)O[C@H]1C[C@@H](OC(C)=O)C(C)(C)C2C[C@@H](O)[C@]3(C)C(CC[C@@]4(C)[C@H](C(=O)O)OC(=O)C5OC543)[C@]21C. The summed E-state index contributed by atoms with van der Waals surface area (Å²) in [6, 6.07) is 0. The molecule has 3 saturated carbocycles. The molecule has 37 heavy (non-hydrogen) atoms. The van der Waals surface area contributed by atoms with Crippen LogP contribution in [0.4, 0.5) is 0 Å². The fourth-order valence-corrected chi connectivity index (χ4v) is 9.68. The molecule has 0 aromatic rings. The van der Waals surface area contributed by atoms with Gasteiger partial charge in [0.1, 0.15) is 17.8 Å². The molecule has 2 saturated heterocycles. The lowest BCUT2D eigenvalue weighted by Crippen LogP contribution is -2.76. The van der Waals surface area contributed by atoms with E-state index in [1.165, 1.54) is 13.8 Å². The monoisotopic (exact) mass is 522 g/mol. The van der Waals surface area contributed by atoms with Crippen LogP contribution in [-0.4, -0.2) is 70.2 Å². The second-order valence-corrected chi connectivity index (χ2v) is 13.1. The molecule has 5 aliphatic rings. The summed E-state index contributed by atoms with van der Waals surface area (Å²) >= 11 is 0.